The van der Waals surface area contributed by atoms with Crippen LogP contribution in [-0.4, -0.2) is 10.1 Å². The second-order valence-corrected chi connectivity index (χ2v) is 4.32. The van der Waals surface area contributed by atoms with Gasteiger partial charge >= 0.3 is 0 Å². The average molecular weight is 286 g/mol. The summed E-state index contributed by atoms with van der Waals surface area (Å²) >= 11 is 3.20. The predicted octanol–water partition coefficient (Wildman–Crippen LogP) is 2.66. The zero-order valence-corrected chi connectivity index (χ0v) is 10.0. The summed E-state index contributed by atoms with van der Waals surface area (Å²) in [5, 5.41) is 3.74. The molecule has 0 amide bonds. The standard InChI is InChI=1S/C10H9BrFN3O/c1-5(13)10-14-9(15-16-10)6-2-7(11)4-8(12)3-6/h2-5H,13H2,1H3/t5-/m0/s1. The first-order valence-electron chi connectivity index (χ1n) is 4.62. The minimum Gasteiger partial charge on any atom is -0.337 e. The third-order valence-electron chi connectivity index (χ3n) is 1.95. The van der Waals surface area contributed by atoms with E-state index in [0.29, 0.717) is 21.8 Å². The van der Waals surface area contributed by atoms with Gasteiger partial charge in [0.1, 0.15) is 5.82 Å². The molecule has 2 aromatic rings. The fraction of sp³-hybridized carbons (Fsp3) is 0.200. The van der Waals surface area contributed by atoms with Crippen molar-refractivity contribution in [3.63, 3.8) is 0 Å². The van der Waals surface area contributed by atoms with E-state index in [4.69, 9.17) is 10.3 Å². The minimum absolute atomic E-state index is 0.326. The van der Waals surface area contributed by atoms with Crippen LogP contribution >= 0.6 is 15.9 Å². The molecule has 0 saturated heterocycles. The number of benzene rings is 1. The largest absolute Gasteiger partial charge is 0.337 e. The topological polar surface area (TPSA) is 64.9 Å². The van der Waals surface area contributed by atoms with Gasteiger partial charge in [0.2, 0.25) is 11.7 Å². The van der Waals surface area contributed by atoms with E-state index in [1.165, 1.54) is 12.1 Å². The van der Waals surface area contributed by atoms with Gasteiger partial charge in [0.05, 0.1) is 6.04 Å². The van der Waals surface area contributed by atoms with Crippen molar-refractivity contribution < 1.29 is 8.91 Å². The molecule has 2 N–H and O–H groups in total. The molecule has 0 spiro atoms. The summed E-state index contributed by atoms with van der Waals surface area (Å²) in [6.07, 6.45) is 0. The number of rotatable bonds is 2. The van der Waals surface area contributed by atoms with E-state index < -0.39 is 0 Å². The smallest absolute Gasteiger partial charge is 0.243 e. The maximum Gasteiger partial charge on any atom is 0.243 e. The Balaban J connectivity index is 2.42. The summed E-state index contributed by atoms with van der Waals surface area (Å²) in [7, 11) is 0. The van der Waals surface area contributed by atoms with E-state index in [1.54, 1.807) is 13.0 Å². The van der Waals surface area contributed by atoms with Crippen molar-refractivity contribution in [1.29, 1.82) is 0 Å². The molecule has 0 aliphatic rings. The molecule has 0 unspecified atom stereocenters. The summed E-state index contributed by atoms with van der Waals surface area (Å²) in [4.78, 5) is 4.07. The van der Waals surface area contributed by atoms with E-state index >= 15 is 0 Å². The molecule has 1 atom stereocenters. The van der Waals surface area contributed by atoms with Crippen LogP contribution < -0.4 is 5.73 Å². The maximum atomic E-state index is 13.1. The van der Waals surface area contributed by atoms with Crippen LogP contribution in [0.2, 0.25) is 0 Å². The Morgan fingerprint density at radius 2 is 2.19 bits per heavy atom. The molecular weight excluding hydrogens is 277 g/mol. The van der Waals surface area contributed by atoms with Gasteiger partial charge in [-0.15, -0.1) is 0 Å². The van der Waals surface area contributed by atoms with E-state index in [-0.39, 0.29) is 11.9 Å². The molecule has 6 heteroatoms. The van der Waals surface area contributed by atoms with E-state index in [2.05, 4.69) is 26.1 Å². The summed E-state index contributed by atoms with van der Waals surface area (Å²) < 4.78 is 18.7. The Hall–Kier alpha value is -1.27. The van der Waals surface area contributed by atoms with Crippen molar-refractivity contribution in [3.8, 4) is 11.4 Å². The molecule has 0 bridgehead atoms. The lowest BCUT2D eigenvalue weighted by Gasteiger charge is -1.97. The lowest BCUT2D eigenvalue weighted by atomic mass is 10.2. The first-order valence-corrected chi connectivity index (χ1v) is 5.41. The van der Waals surface area contributed by atoms with Crippen LogP contribution in [0.3, 0.4) is 0 Å². The predicted molar refractivity (Wildman–Crippen MR) is 60.0 cm³/mol. The SMILES string of the molecule is C[C@H](N)c1nc(-c2cc(F)cc(Br)c2)no1. The van der Waals surface area contributed by atoms with Gasteiger partial charge in [0.25, 0.3) is 0 Å². The summed E-state index contributed by atoms with van der Waals surface area (Å²) in [6.45, 7) is 1.73. The lowest BCUT2D eigenvalue weighted by Crippen LogP contribution is -2.04. The van der Waals surface area contributed by atoms with Crippen LogP contribution in [0.1, 0.15) is 18.9 Å². The van der Waals surface area contributed by atoms with Gasteiger partial charge in [-0.25, -0.2) is 4.39 Å². The van der Waals surface area contributed by atoms with Gasteiger partial charge in [-0.2, -0.15) is 4.98 Å². The Morgan fingerprint density at radius 1 is 1.44 bits per heavy atom. The highest BCUT2D eigenvalue weighted by Crippen LogP contribution is 2.23. The van der Waals surface area contributed by atoms with Crippen LogP contribution in [0.5, 0.6) is 0 Å². The van der Waals surface area contributed by atoms with Crippen LogP contribution in [-0.2, 0) is 0 Å². The molecule has 1 heterocycles. The molecule has 4 nitrogen and oxygen atoms in total. The van der Waals surface area contributed by atoms with Crippen molar-refractivity contribution in [2.45, 2.75) is 13.0 Å². The fourth-order valence-corrected chi connectivity index (χ4v) is 1.69. The van der Waals surface area contributed by atoms with Gasteiger partial charge in [-0.05, 0) is 25.1 Å². The van der Waals surface area contributed by atoms with E-state index in [1.807, 2.05) is 0 Å². The van der Waals surface area contributed by atoms with Gasteiger partial charge in [0, 0.05) is 10.0 Å². The maximum absolute atomic E-state index is 13.1. The number of hydrogen-bond acceptors (Lipinski definition) is 4. The van der Waals surface area contributed by atoms with Crippen molar-refractivity contribution >= 4 is 15.9 Å². The zero-order chi connectivity index (χ0) is 11.7. The van der Waals surface area contributed by atoms with Crippen molar-refractivity contribution in [2.75, 3.05) is 0 Å². The Kier molecular flexibility index (Phi) is 3.02. The lowest BCUT2D eigenvalue weighted by molar-refractivity contribution is 0.362. The monoisotopic (exact) mass is 285 g/mol. The third kappa shape index (κ3) is 2.28. The average Bonchev–Trinajstić information content (AvgIpc) is 2.64. The van der Waals surface area contributed by atoms with Crippen molar-refractivity contribution in [2.24, 2.45) is 5.73 Å². The van der Waals surface area contributed by atoms with E-state index in [9.17, 15) is 4.39 Å². The molecule has 1 aromatic carbocycles. The second-order valence-electron chi connectivity index (χ2n) is 3.40. The fourth-order valence-electron chi connectivity index (χ4n) is 1.22. The Labute approximate surface area is 99.8 Å². The molecule has 1 aromatic heterocycles. The second kappa shape index (κ2) is 4.31. The Bertz CT molecular complexity index is 492. The van der Waals surface area contributed by atoms with Crippen LogP contribution in [0.4, 0.5) is 4.39 Å². The molecule has 0 aliphatic carbocycles. The highest BCUT2D eigenvalue weighted by atomic mass is 79.9. The minimum atomic E-state index is -0.364. The zero-order valence-electron chi connectivity index (χ0n) is 8.45. The van der Waals surface area contributed by atoms with Crippen molar-refractivity contribution in [1.82, 2.24) is 10.1 Å². The molecule has 84 valence electrons. The van der Waals surface area contributed by atoms with Crippen LogP contribution in [0, 0.1) is 5.82 Å². The van der Waals surface area contributed by atoms with Crippen LogP contribution in [0.25, 0.3) is 11.4 Å². The molecule has 0 radical (unpaired) electrons. The molecule has 0 saturated carbocycles. The Morgan fingerprint density at radius 3 is 2.75 bits per heavy atom. The molecule has 16 heavy (non-hydrogen) atoms. The number of aromatic nitrogens is 2. The molecule has 2 rings (SSSR count). The molecule has 0 fully saturated rings. The molecule has 0 aliphatic heterocycles. The summed E-state index contributed by atoms with van der Waals surface area (Å²) in [6, 6.07) is 4.06. The van der Waals surface area contributed by atoms with Gasteiger partial charge in [-0.1, -0.05) is 21.1 Å². The van der Waals surface area contributed by atoms with E-state index in [0.717, 1.165) is 0 Å². The number of nitrogens with zero attached hydrogens (tertiary/aromatic N) is 2. The highest BCUT2D eigenvalue weighted by Gasteiger charge is 2.12. The number of hydrogen-bond donors (Lipinski definition) is 1. The van der Waals surface area contributed by atoms with Gasteiger partial charge in [-0.3, -0.25) is 0 Å². The van der Waals surface area contributed by atoms with Crippen molar-refractivity contribution in [3.05, 3.63) is 34.4 Å². The van der Waals surface area contributed by atoms with Crippen LogP contribution in [0.15, 0.2) is 27.2 Å². The normalized spacial score (nSPS) is 12.8. The first-order chi connectivity index (χ1) is 7.56. The van der Waals surface area contributed by atoms with Gasteiger partial charge < -0.3 is 10.3 Å². The first kappa shape index (κ1) is 11.2. The quantitative estimate of drug-likeness (QED) is 0.921. The third-order valence-corrected chi connectivity index (χ3v) is 2.41. The summed E-state index contributed by atoms with van der Waals surface area (Å²) in [5.74, 6) is 0.291. The number of nitrogens with two attached hydrogens (primary N) is 1. The highest BCUT2D eigenvalue weighted by molar-refractivity contribution is 9.10. The van der Waals surface area contributed by atoms with Gasteiger partial charge in [0.15, 0.2) is 0 Å². The summed E-state index contributed by atoms with van der Waals surface area (Å²) in [5.41, 5.74) is 6.13. The molecular formula is C10H9BrFN3O. The number of halogens is 2.